The molecule has 1 rings (SSSR count). The Hall–Kier alpha value is -2.95. The third kappa shape index (κ3) is 6.99. The van der Waals surface area contributed by atoms with E-state index in [2.05, 4.69) is 25.9 Å². The molecule has 0 fully saturated rings. The van der Waals surface area contributed by atoms with Crippen molar-refractivity contribution in [1.29, 1.82) is 0 Å². The van der Waals surface area contributed by atoms with Gasteiger partial charge in [0.15, 0.2) is 0 Å². The highest BCUT2D eigenvalue weighted by Crippen LogP contribution is 2.04. The van der Waals surface area contributed by atoms with Crippen LogP contribution in [0, 0.1) is 5.92 Å². The molecule has 1 aromatic heterocycles. The van der Waals surface area contributed by atoms with E-state index in [1.54, 1.807) is 13.8 Å². The second-order valence-electron chi connectivity index (χ2n) is 6.93. The first-order chi connectivity index (χ1) is 13.0. The molecule has 156 valence electrons. The average Bonchev–Trinajstić information content (AvgIpc) is 3.10. The molecule has 0 saturated heterocycles. The van der Waals surface area contributed by atoms with Crippen LogP contribution in [0.3, 0.4) is 0 Å². The fourth-order valence-electron chi connectivity index (χ4n) is 2.30. The molecular weight excluding hydrogens is 368 g/mol. The summed E-state index contributed by atoms with van der Waals surface area (Å²) in [6.07, 6.45) is 2.88. The van der Waals surface area contributed by atoms with Gasteiger partial charge in [0, 0.05) is 18.3 Å². The molecule has 7 N–H and O–H groups in total. The molecule has 0 aromatic carbocycles. The predicted octanol–water partition coefficient (Wildman–Crippen LogP) is -1.49. The van der Waals surface area contributed by atoms with Crippen LogP contribution in [0.1, 0.15) is 33.4 Å². The van der Waals surface area contributed by atoms with Gasteiger partial charge in [-0.15, -0.1) is 0 Å². The Morgan fingerprint density at radius 1 is 1.07 bits per heavy atom. The van der Waals surface area contributed by atoms with Gasteiger partial charge in [0.2, 0.25) is 17.7 Å². The third-order valence-electron chi connectivity index (χ3n) is 4.01. The molecule has 3 amide bonds. The number of carbonyl (C=O) groups excluding carboxylic acids is 3. The highest BCUT2D eigenvalue weighted by atomic mass is 16.4. The summed E-state index contributed by atoms with van der Waals surface area (Å²) < 4.78 is 0. The number of nitrogens with one attached hydrogen (secondary N) is 4. The maximum absolute atomic E-state index is 12.5. The normalized spacial score (nSPS) is 15.2. The molecule has 0 saturated carbocycles. The number of imidazole rings is 1. The second-order valence-corrected chi connectivity index (χ2v) is 6.93. The average molecular weight is 396 g/mol. The van der Waals surface area contributed by atoms with Crippen molar-refractivity contribution in [1.82, 2.24) is 25.9 Å². The van der Waals surface area contributed by atoms with Gasteiger partial charge in [-0.25, -0.2) is 9.78 Å². The quantitative estimate of drug-likeness (QED) is 0.279. The maximum Gasteiger partial charge on any atom is 0.326 e. The van der Waals surface area contributed by atoms with Gasteiger partial charge in [-0.3, -0.25) is 14.4 Å². The zero-order chi connectivity index (χ0) is 21.4. The zero-order valence-corrected chi connectivity index (χ0v) is 16.4. The highest BCUT2D eigenvalue weighted by molar-refractivity contribution is 5.93. The number of aromatic amines is 1. The van der Waals surface area contributed by atoms with Crippen LogP contribution in [0.25, 0.3) is 0 Å². The van der Waals surface area contributed by atoms with Crippen molar-refractivity contribution in [2.24, 2.45) is 11.7 Å². The fraction of sp³-hybridized carbons (Fsp3) is 0.588. The number of H-pyrrole nitrogens is 1. The molecule has 1 heterocycles. The van der Waals surface area contributed by atoms with Crippen LogP contribution in [0.2, 0.25) is 0 Å². The summed E-state index contributed by atoms with van der Waals surface area (Å²) in [6, 6.07) is -3.86. The summed E-state index contributed by atoms with van der Waals surface area (Å²) in [5.74, 6) is -3.18. The van der Waals surface area contributed by atoms with Gasteiger partial charge in [-0.2, -0.15) is 0 Å². The second kappa shape index (κ2) is 10.4. The predicted molar refractivity (Wildman–Crippen MR) is 99.9 cm³/mol. The standard InChI is InChI=1S/C17H28N6O5/c1-8(2)13(23-14(24)9(3)18)16(26)21-10(4)15(25)22-12(17(27)28)5-11-6-19-7-20-11/h6-10,12-13H,5,18H2,1-4H3,(H,19,20)(H,21,26)(H,22,25)(H,23,24)(H,27,28). The lowest BCUT2D eigenvalue weighted by Crippen LogP contribution is -2.57. The van der Waals surface area contributed by atoms with Crippen molar-refractivity contribution >= 4 is 23.7 Å². The van der Waals surface area contributed by atoms with Gasteiger partial charge in [0.25, 0.3) is 0 Å². The Bertz CT molecular complexity index is 688. The van der Waals surface area contributed by atoms with Gasteiger partial charge >= 0.3 is 5.97 Å². The fourth-order valence-corrected chi connectivity index (χ4v) is 2.30. The highest BCUT2D eigenvalue weighted by Gasteiger charge is 2.29. The first-order valence-electron chi connectivity index (χ1n) is 8.89. The van der Waals surface area contributed by atoms with Crippen molar-refractivity contribution in [3.8, 4) is 0 Å². The number of amides is 3. The molecule has 0 radical (unpaired) electrons. The minimum Gasteiger partial charge on any atom is -0.480 e. The van der Waals surface area contributed by atoms with E-state index in [4.69, 9.17) is 5.73 Å². The number of rotatable bonds is 10. The Kier molecular flexibility index (Phi) is 8.58. The molecule has 0 aliphatic rings. The maximum atomic E-state index is 12.5. The molecule has 4 atom stereocenters. The van der Waals surface area contributed by atoms with E-state index in [-0.39, 0.29) is 12.3 Å². The van der Waals surface area contributed by atoms with E-state index in [0.29, 0.717) is 5.69 Å². The molecule has 1 aromatic rings. The lowest BCUT2D eigenvalue weighted by molar-refractivity contribution is -0.142. The van der Waals surface area contributed by atoms with Crippen molar-refractivity contribution in [2.45, 2.75) is 58.3 Å². The van der Waals surface area contributed by atoms with E-state index >= 15 is 0 Å². The van der Waals surface area contributed by atoms with Crippen LogP contribution in [-0.4, -0.2) is 62.9 Å². The molecule has 11 nitrogen and oxygen atoms in total. The summed E-state index contributed by atoms with van der Waals surface area (Å²) in [5, 5.41) is 16.7. The zero-order valence-electron chi connectivity index (χ0n) is 16.4. The molecule has 0 aliphatic carbocycles. The number of nitrogens with two attached hydrogens (primary N) is 1. The Balaban J connectivity index is 2.70. The minimum atomic E-state index is -1.22. The van der Waals surface area contributed by atoms with E-state index in [9.17, 15) is 24.3 Å². The Morgan fingerprint density at radius 2 is 1.71 bits per heavy atom. The summed E-state index contributed by atoms with van der Waals surface area (Å²) in [4.78, 5) is 54.5. The van der Waals surface area contributed by atoms with Crippen LogP contribution < -0.4 is 21.7 Å². The summed E-state index contributed by atoms with van der Waals surface area (Å²) in [6.45, 7) is 6.39. The first-order valence-corrected chi connectivity index (χ1v) is 8.89. The molecule has 0 bridgehead atoms. The largest absolute Gasteiger partial charge is 0.480 e. The van der Waals surface area contributed by atoms with E-state index in [0.717, 1.165) is 0 Å². The number of hydrogen-bond acceptors (Lipinski definition) is 6. The smallest absolute Gasteiger partial charge is 0.326 e. The number of carboxylic acid groups (broad SMARTS) is 1. The van der Waals surface area contributed by atoms with Crippen molar-refractivity contribution < 1.29 is 24.3 Å². The van der Waals surface area contributed by atoms with Gasteiger partial charge in [0.05, 0.1) is 12.4 Å². The summed E-state index contributed by atoms with van der Waals surface area (Å²) >= 11 is 0. The van der Waals surface area contributed by atoms with Gasteiger partial charge < -0.3 is 31.8 Å². The van der Waals surface area contributed by atoms with Crippen LogP contribution in [-0.2, 0) is 25.6 Å². The van der Waals surface area contributed by atoms with Gasteiger partial charge in [-0.1, -0.05) is 13.8 Å². The van der Waals surface area contributed by atoms with Crippen molar-refractivity contribution in [3.05, 3.63) is 18.2 Å². The lowest BCUT2D eigenvalue weighted by atomic mass is 10.0. The molecular formula is C17H28N6O5. The number of carbonyl (C=O) groups is 4. The molecule has 11 heteroatoms. The van der Waals surface area contributed by atoms with E-state index < -0.39 is 47.9 Å². The van der Waals surface area contributed by atoms with Crippen molar-refractivity contribution in [3.63, 3.8) is 0 Å². The lowest BCUT2D eigenvalue weighted by Gasteiger charge is -2.25. The number of aromatic nitrogens is 2. The Labute approximate surface area is 162 Å². The van der Waals surface area contributed by atoms with E-state index in [1.165, 1.54) is 26.4 Å². The van der Waals surface area contributed by atoms with Crippen LogP contribution >= 0.6 is 0 Å². The molecule has 0 aliphatic heterocycles. The summed E-state index contributed by atoms with van der Waals surface area (Å²) in [5.41, 5.74) is 6.05. The number of nitrogens with zero attached hydrogens (tertiary/aromatic N) is 1. The topological polar surface area (TPSA) is 179 Å². The van der Waals surface area contributed by atoms with Crippen LogP contribution in [0.4, 0.5) is 0 Å². The Morgan fingerprint density at radius 3 is 2.18 bits per heavy atom. The molecule has 28 heavy (non-hydrogen) atoms. The SMILES string of the molecule is CC(N)C(=O)NC(C(=O)NC(C)C(=O)NC(Cc1cnc[nH]1)C(=O)O)C(C)C. The van der Waals surface area contributed by atoms with Gasteiger partial charge in [0.1, 0.15) is 18.1 Å². The molecule has 0 spiro atoms. The number of hydrogen-bond donors (Lipinski definition) is 6. The molecule has 4 unspecified atom stereocenters. The van der Waals surface area contributed by atoms with Gasteiger partial charge in [-0.05, 0) is 19.8 Å². The van der Waals surface area contributed by atoms with Crippen LogP contribution in [0.5, 0.6) is 0 Å². The summed E-state index contributed by atoms with van der Waals surface area (Å²) in [7, 11) is 0. The van der Waals surface area contributed by atoms with Crippen LogP contribution in [0.15, 0.2) is 12.5 Å². The number of carboxylic acids is 1. The minimum absolute atomic E-state index is 0.0147. The monoisotopic (exact) mass is 396 g/mol. The number of aliphatic carboxylic acids is 1. The third-order valence-corrected chi connectivity index (χ3v) is 4.01. The first kappa shape index (κ1) is 23.1. The van der Waals surface area contributed by atoms with Crippen molar-refractivity contribution in [2.75, 3.05) is 0 Å². The van der Waals surface area contributed by atoms with E-state index in [1.807, 2.05) is 0 Å².